The smallest absolute Gasteiger partial charge is 0.269 e. The van der Waals surface area contributed by atoms with Crippen molar-refractivity contribution < 1.29 is 29.5 Å². The van der Waals surface area contributed by atoms with Gasteiger partial charge in [-0.3, -0.25) is 19.9 Å². The molecule has 3 N–H and O–H groups in total. The summed E-state index contributed by atoms with van der Waals surface area (Å²) in [6.07, 6.45) is 12.2. The van der Waals surface area contributed by atoms with Crippen molar-refractivity contribution >= 4 is 17.1 Å². The Hall–Kier alpha value is -3.00. The first-order valence-corrected chi connectivity index (χ1v) is 18.0. The number of hydrogen-bond acceptors (Lipinski definition) is 10. The van der Waals surface area contributed by atoms with Gasteiger partial charge in [0.2, 0.25) is 0 Å². The Bertz CT molecular complexity index is 1160. The van der Waals surface area contributed by atoms with Crippen LogP contribution < -0.4 is 4.74 Å². The molecule has 12 nitrogen and oxygen atoms in total. The number of rotatable bonds is 29. The van der Waals surface area contributed by atoms with E-state index in [-0.39, 0.29) is 25.5 Å². The van der Waals surface area contributed by atoms with E-state index >= 15 is 0 Å². The summed E-state index contributed by atoms with van der Waals surface area (Å²) < 4.78 is 6.88. The third-order valence-electron chi connectivity index (χ3n) is 9.20. The number of hydrogen-bond donors (Lipinski definition) is 3. The molecule has 2 aromatic rings. The molecule has 3 rings (SSSR count). The van der Waals surface area contributed by atoms with E-state index in [1.54, 1.807) is 12.1 Å². The predicted octanol–water partition coefficient (Wildman–Crippen LogP) is 5.70. The molecule has 1 aliphatic rings. The second-order valence-corrected chi connectivity index (χ2v) is 12.9. The maximum Gasteiger partial charge on any atom is 0.269 e. The van der Waals surface area contributed by atoms with Crippen LogP contribution in [-0.2, 0) is 0 Å². The van der Waals surface area contributed by atoms with Gasteiger partial charge in [0.15, 0.2) is 0 Å². The van der Waals surface area contributed by atoms with Crippen molar-refractivity contribution in [2.45, 2.75) is 64.2 Å². The Morgan fingerprint density at radius 3 is 1.62 bits per heavy atom. The molecule has 12 heteroatoms. The molecule has 1 fully saturated rings. The van der Waals surface area contributed by atoms with Crippen LogP contribution in [0.1, 0.15) is 64.2 Å². The Balaban J connectivity index is 1.15. The predicted molar refractivity (Wildman–Crippen MR) is 189 cm³/mol. The van der Waals surface area contributed by atoms with E-state index in [1.807, 2.05) is 24.3 Å². The number of unbranched alkanes of at least 4 members (excludes halogenated alkanes) is 9. The lowest BCUT2D eigenvalue weighted by Gasteiger charge is -2.28. The number of aliphatic hydroxyl groups is 3. The van der Waals surface area contributed by atoms with Gasteiger partial charge in [-0.05, 0) is 55.8 Å². The van der Waals surface area contributed by atoms with E-state index < -0.39 is 4.92 Å². The summed E-state index contributed by atoms with van der Waals surface area (Å²) in [6.45, 7) is 10.6. The molecule has 1 heterocycles. The maximum atomic E-state index is 10.8. The molecule has 0 saturated carbocycles. The van der Waals surface area contributed by atoms with Crippen molar-refractivity contribution in [1.82, 2.24) is 9.80 Å². The molecule has 0 aromatic heterocycles. The van der Waals surface area contributed by atoms with E-state index in [0.29, 0.717) is 31.1 Å². The van der Waals surface area contributed by atoms with Gasteiger partial charge in [-0.1, -0.05) is 51.4 Å². The third-order valence-corrected chi connectivity index (χ3v) is 9.20. The zero-order valence-corrected chi connectivity index (χ0v) is 28.8. The average Bonchev–Trinajstić information content (AvgIpc) is 3.87. The summed E-state index contributed by atoms with van der Waals surface area (Å²) in [4.78, 5) is 15.0. The monoisotopic (exact) mass is 671 g/mol. The Kier molecular flexibility index (Phi) is 19.2. The SMILES string of the molecule is O=[N+]([O-])c1ccc(N=Nc2ccc(OCCCCCCCCCCCCN(CCO)CCN(CCO)CC[N+]3(CCO)CC3)cc2)cc1. The molecule has 0 unspecified atom stereocenters. The van der Waals surface area contributed by atoms with E-state index in [1.165, 1.54) is 63.5 Å². The van der Waals surface area contributed by atoms with E-state index in [0.717, 1.165) is 75.4 Å². The number of nitro groups is 1. The van der Waals surface area contributed by atoms with Crippen LogP contribution in [-0.4, -0.2) is 126 Å². The quantitative estimate of drug-likeness (QED) is 0.0250. The van der Waals surface area contributed by atoms with Crippen LogP contribution in [0.4, 0.5) is 17.1 Å². The average molecular weight is 672 g/mol. The zero-order valence-electron chi connectivity index (χ0n) is 28.8. The summed E-state index contributed by atoms with van der Waals surface area (Å²) in [5.74, 6) is 0.809. The molecule has 1 aliphatic heterocycles. The van der Waals surface area contributed by atoms with Gasteiger partial charge in [-0.2, -0.15) is 10.2 Å². The standard InChI is InChI=1S/C36H59N6O6/c43-29-23-39(20-21-40(24-30-44)22-25-42(26-27-42)28-31-45)19-9-7-5-3-1-2-4-6-8-10-32-48-36-17-13-34(14-18-36)38-37-33-11-15-35(16-12-33)41(46)47/h11-18,43-45H,1-10,19-32H2/q+1. The largest absolute Gasteiger partial charge is 0.494 e. The highest BCUT2D eigenvalue weighted by Gasteiger charge is 2.41. The number of quaternary nitrogens is 1. The second kappa shape index (κ2) is 23.4. The lowest BCUT2D eigenvalue weighted by molar-refractivity contribution is -0.799. The highest BCUT2D eigenvalue weighted by Crippen LogP contribution is 2.23. The van der Waals surface area contributed by atoms with Crippen molar-refractivity contribution in [3.63, 3.8) is 0 Å². The summed E-state index contributed by atoms with van der Waals surface area (Å²) in [5, 5.41) is 47.4. The van der Waals surface area contributed by atoms with Crippen molar-refractivity contribution in [2.75, 3.05) is 91.9 Å². The van der Waals surface area contributed by atoms with Gasteiger partial charge in [-0.15, -0.1) is 0 Å². The van der Waals surface area contributed by atoms with Crippen LogP contribution in [0, 0.1) is 10.1 Å². The van der Waals surface area contributed by atoms with Crippen molar-refractivity contribution in [3.05, 3.63) is 58.6 Å². The summed E-state index contributed by atoms with van der Waals surface area (Å²) in [6, 6.07) is 13.4. The van der Waals surface area contributed by atoms with Crippen LogP contribution in [0.2, 0.25) is 0 Å². The molecule has 0 bridgehead atoms. The number of aliphatic hydroxyl groups excluding tert-OH is 3. The van der Waals surface area contributed by atoms with Crippen LogP contribution in [0.3, 0.4) is 0 Å². The lowest BCUT2D eigenvalue weighted by Crippen LogP contribution is -2.43. The summed E-state index contributed by atoms with van der Waals surface area (Å²) in [7, 11) is 0. The highest BCUT2D eigenvalue weighted by molar-refractivity contribution is 5.45. The Morgan fingerprint density at radius 1 is 0.625 bits per heavy atom. The first-order valence-electron chi connectivity index (χ1n) is 18.0. The van der Waals surface area contributed by atoms with Crippen molar-refractivity contribution in [1.29, 1.82) is 0 Å². The molecular formula is C36H59N6O6+. The first kappa shape index (κ1) is 39.4. The van der Waals surface area contributed by atoms with Crippen LogP contribution >= 0.6 is 0 Å². The van der Waals surface area contributed by atoms with Crippen molar-refractivity contribution in [3.8, 4) is 5.75 Å². The molecule has 0 atom stereocenters. The maximum absolute atomic E-state index is 10.8. The molecule has 0 spiro atoms. The van der Waals surface area contributed by atoms with Crippen LogP contribution in [0.25, 0.3) is 0 Å². The fraction of sp³-hybridized carbons (Fsp3) is 0.667. The molecule has 0 amide bonds. The van der Waals surface area contributed by atoms with E-state index in [2.05, 4.69) is 20.0 Å². The minimum Gasteiger partial charge on any atom is -0.494 e. The molecule has 1 saturated heterocycles. The number of non-ortho nitro benzene ring substituents is 1. The zero-order chi connectivity index (χ0) is 34.3. The number of benzene rings is 2. The fourth-order valence-corrected chi connectivity index (χ4v) is 5.91. The van der Waals surface area contributed by atoms with Gasteiger partial charge in [0, 0.05) is 44.9 Å². The van der Waals surface area contributed by atoms with Gasteiger partial charge in [-0.25, -0.2) is 0 Å². The molecule has 0 radical (unpaired) electrons. The minimum absolute atomic E-state index is 0.0276. The van der Waals surface area contributed by atoms with E-state index in [9.17, 15) is 25.4 Å². The Morgan fingerprint density at radius 2 is 1.12 bits per heavy atom. The topological polar surface area (TPSA) is 144 Å². The molecule has 268 valence electrons. The van der Waals surface area contributed by atoms with Crippen LogP contribution in [0.5, 0.6) is 5.75 Å². The first-order chi connectivity index (χ1) is 23.5. The van der Waals surface area contributed by atoms with Gasteiger partial charge in [0.05, 0.1) is 49.3 Å². The number of nitrogens with zero attached hydrogens (tertiary/aromatic N) is 6. The molecule has 2 aromatic carbocycles. The van der Waals surface area contributed by atoms with Gasteiger partial charge < -0.3 is 24.5 Å². The van der Waals surface area contributed by atoms with Crippen molar-refractivity contribution in [2.24, 2.45) is 10.2 Å². The van der Waals surface area contributed by atoms with Gasteiger partial charge in [0.1, 0.15) is 25.4 Å². The number of ether oxygens (including phenoxy) is 1. The van der Waals surface area contributed by atoms with Gasteiger partial charge >= 0.3 is 0 Å². The van der Waals surface area contributed by atoms with Crippen LogP contribution in [0.15, 0.2) is 58.8 Å². The number of nitro benzene ring substituents is 1. The summed E-state index contributed by atoms with van der Waals surface area (Å²) >= 11 is 0. The molecule has 0 aliphatic carbocycles. The third kappa shape index (κ3) is 16.4. The van der Waals surface area contributed by atoms with E-state index in [4.69, 9.17) is 4.74 Å². The Labute approximate surface area is 286 Å². The fourth-order valence-electron chi connectivity index (χ4n) is 5.91. The lowest BCUT2D eigenvalue weighted by atomic mass is 10.1. The normalized spacial score (nSPS) is 13.9. The molecular weight excluding hydrogens is 612 g/mol. The number of azo groups is 1. The van der Waals surface area contributed by atoms with Gasteiger partial charge in [0.25, 0.3) is 5.69 Å². The second-order valence-electron chi connectivity index (χ2n) is 12.9. The minimum atomic E-state index is -0.440. The highest BCUT2D eigenvalue weighted by atomic mass is 16.6. The summed E-state index contributed by atoms with van der Waals surface area (Å²) in [5.41, 5.74) is 1.27. The molecule has 48 heavy (non-hydrogen) atoms.